The third-order valence-corrected chi connectivity index (χ3v) is 6.49. The van der Waals surface area contributed by atoms with Crippen LogP contribution in [-0.4, -0.2) is 29.8 Å². The van der Waals surface area contributed by atoms with Gasteiger partial charge in [-0.2, -0.15) is 0 Å². The molecule has 2 aromatic carbocycles. The van der Waals surface area contributed by atoms with Crippen molar-refractivity contribution < 1.29 is 18.6 Å². The highest BCUT2D eigenvalue weighted by Crippen LogP contribution is 2.29. The fourth-order valence-corrected chi connectivity index (χ4v) is 4.73. The lowest BCUT2D eigenvalue weighted by atomic mass is 9.99. The van der Waals surface area contributed by atoms with Crippen LogP contribution in [0, 0.1) is 0 Å². The number of sulfone groups is 1. The second-order valence-corrected chi connectivity index (χ2v) is 10.2. The number of rotatable bonds is 8. The summed E-state index contributed by atoms with van der Waals surface area (Å²) in [7, 11) is -3.70. The van der Waals surface area contributed by atoms with Crippen LogP contribution in [0.2, 0.25) is 0 Å². The standard InChI is InChI=1S/C22H30O4S/c1-21(2,23)15-13-17-9-5-7-11-19(17)27(25,26)20-12-8-6-10-18(20)14-16-22(3,4)24/h5-12,23-24H,13-16H2,1-4H3. The highest BCUT2D eigenvalue weighted by molar-refractivity contribution is 7.91. The van der Waals surface area contributed by atoms with Gasteiger partial charge in [-0.05, 0) is 76.6 Å². The molecule has 4 nitrogen and oxygen atoms in total. The molecule has 0 unspecified atom stereocenters. The first kappa shape index (κ1) is 21.6. The monoisotopic (exact) mass is 390 g/mol. The van der Waals surface area contributed by atoms with Gasteiger partial charge in [0.15, 0.2) is 0 Å². The number of aliphatic hydroxyl groups is 2. The zero-order valence-corrected chi connectivity index (χ0v) is 17.4. The minimum absolute atomic E-state index is 0.282. The molecule has 2 aromatic rings. The molecule has 0 heterocycles. The van der Waals surface area contributed by atoms with E-state index >= 15 is 0 Å². The van der Waals surface area contributed by atoms with Gasteiger partial charge in [0.25, 0.3) is 0 Å². The Bertz CT molecular complexity index is 804. The summed E-state index contributed by atoms with van der Waals surface area (Å²) >= 11 is 0. The van der Waals surface area contributed by atoms with Gasteiger partial charge in [-0.3, -0.25) is 0 Å². The van der Waals surface area contributed by atoms with E-state index in [0.717, 1.165) is 0 Å². The summed E-state index contributed by atoms with van der Waals surface area (Å²) in [4.78, 5) is 0.565. The van der Waals surface area contributed by atoms with Gasteiger partial charge >= 0.3 is 0 Å². The molecule has 27 heavy (non-hydrogen) atoms. The van der Waals surface area contributed by atoms with Gasteiger partial charge < -0.3 is 10.2 Å². The fourth-order valence-electron chi connectivity index (χ4n) is 2.94. The molecular weight excluding hydrogens is 360 g/mol. The largest absolute Gasteiger partial charge is 0.390 e. The summed E-state index contributed by atoms with van der Waals surface area (Å²) < 4.78 is 26.8. The van der Waals surface area contributed by atoms with E-state index in [9.17, 15) is 18.6 Å². The maximum absolute atomic E-state index is 13.4. The molecule has 148 valence electrons. The molecule has 0 atom stereocenters. The lowest BCUT2D eigenvalue weighted by molar-refractivity contribution is 0.0706. The lowest BCUT2D eigenvalue weighted by Crippen LogP contribution is -2.20. The molecule has 2 N–H and O–H groups in total. The van der Waals surface area contributed by atoms with E-state index in [1.165, 1.54) is 0 Å². The van der Waals surface area contributed by atoms with Crippen LogP contribution in [0.4, 0.5) is 0 Å². The summed E-state index contributed by atoms with van der Waals surface area (Å²) in [5.41, 5.74) is -0.308. The van der Waals surface area contributed by atoms with Crippen LogP contribution < -0.4 is 0 Å². The number of benzene rings is 2. The Balaban J connectivity index is 2.43. The molecule has 0 spiro atoms. The van der Waals surface area contributed by atoms with Gasteiger partial charge in [0.05, 0.1) is 21.0 Å². The van der Waals surface area contributed by atoms with E-state index in [4.69, 9.17) is 0 Å². The smallest absolute Gasteiger partial charge is 0.207 e. The van der Waals surface area contributed by atoms with Crippen molar-refractivity contribution in [1.29, 1.82) is 0 Å². The van der Waals surface area contributed by atoms with Crippen molar-refractivity contribution in [3.8, 4) is 0 Å². The van der Waals surface area contributed by atoms with E-state index in [0.29, 0.717) is 36.8 Å². The molecule has 0 saturated heterocycles. The Hall–Kier alpha value is -1.69. The third-order valence-electron chi connectivity index (χ3n) is 4.54. The summed E-state index contributed by atoms with van der Waals surface area (Å²) in [6.07, 6.45) is 1.90. The topological polar surface area (TPSA) is 74.6 Å². The average molecular weight is 391 g/mol. The van der Waals surface area contributed by atoms with Crippen molar-refractivity contribution in [2.45, 2.75) is 74.4 Å². The van der Waals surface area contributed by atoms with Crippen LogP contribution in [-0.2, 0) is 22.7 Å². The third kappa shape index (κ3) is 6.16. The number of aryl methyl sites for hydroxylation is 2. The number of hydrogen-bond donors (Lipinski definition) is 2. The number of hydrogen-bond acceptors (Lipinski definition) is 4. The maximum Gasteiger partial charge on any atom is 0.207 e. The van der Waals surface area contributed by atoms with Crippen molar-refractivity contribution in [3.05, 3.63) is 59.7 Å². The molecule has 0 aliphatic heterocycles. The summed E-state index contributed by atoms with van der Waals surface area (Å²) in [6, 6.07) is 13.9. The summed E-state index contributed by atoms with van der Waals surface area (Å²) in [5, 5.41) is 20.0. The minimum atomic E-state index is -3.70. The highest BCUT2D eigenvalue weighted by Gasteiger charge is 2.25. The Morgan fingerprint density at radius 3 is 1.37 bits per heavy atom. The van der Waals surface area contributed by atoms with Crippen molar-refractivity contribution >= 4 is 9.84 Å². The Labute approximate surface area is 162 Å². The molecule has 0 bridgehead atoms. The van der Waals surface area contributed by atoms with Crippen molar-refractivity contribution in [1.82, 2.24) is 0 Å². The van der Waals surface area contributed by atoms with Crippen LogP contribution in [0.5, 0.6) is 0 Å². The Kier molecular flexibility index (Phi) is 6.51. The SMILES string of the molecule is CC(C)(O)CCc1ccccc1S(=O)(=O)c1ccccc1CCC(C)(C)O. The Morgan fingerprint density at radius 2 is 1.04 bits per heavy atom. The second-order valence-electron chi connectivity index (χ2n) is 8.34. The van der Waals surface area contributed by atoms with E-state index in [1.807, 2.05) is 12.1 Å². The van der Waals surface area contributed by atoms with Crippen LogP contribution in [0.25, 0.3) is 0 Å². The van der Waals surface area contributed by atoms with E-state index in [1.54, 1.807) is 64.1 Å². The van der Waals surface area contributed by atoms with Crippen LogP contribution >= 0.6 is 0 Å². The first-order valence-corrected chi connectivity index (χ1v) is 10.7. The van der Waals surface area contributed by atoms with Crippen molar-refractivity contribution in [2.24, 2.45) is 0 Å². The normalized spacial score (nSPS) is 13.0. The molecule has 5 heteroatoms. The molecule has 0 amide bonds. The van der Waals surface area contributed by atoms with E-state index in [-0.39, 0.29) is 9.79 Å². The fraction of sp³-hybridized carbons (Fsp3) is 0.455. The first-order valence-electron chi connectivity index (χ1n) is 9.26. The predicted octanol–water partition coefficient (Wildman–Crippen LogP) is 3.93. The van der Waals surface area contributed by atoms with Crippen molar-refractivity contribution in [3.63, 3.8) is 0 Å². The second kappa shape index (κ2) is 8.13. The van der Waals surface area contributed by atoms with E-state index in [2.05, 4.69) is 0 Å². The summed E-state index contributed by atoms with van der Waals surface area (Å²) in [6.45, 7) is 6.87. The van der Waals surface area contributed by atoms with Gasteiger partial charge in [0, 0.05) is 0 Å². The van der Waals surface area contributed by atoms with Gasteiger partial charge in [-0.15, -0.1) is 0 Å². The molecular formula is C22H30O4S. The predicted molar refractivity (Wildman–Crippen MR) is 108 cm³/mol. The van der Waals surface area contributed by atoms with Crippen LogP contribution in [0.3, 0.4) is 0 Å². The van der Waals surface area contributed by atoms with Crippen LogP contribution in [0.15, 0.2) is 58.3 Å². The molecule has 0 aliphatic carbocycles. The van der Waals surface area contributed by atoms with Gasteiger partial charge in [-0.25, -0.2) is 8.42 Å². The van der Waals surface area contributed by atoms with Gasteiger partial charge in [0.1, 0.15) is 0 Å². The molecule has 0 aromatic heterocycles. The Morgan fingerprint density at radius 1 is 0.704 bits per heavy atom. The van der Waals surface area contributed by atoms with Crippen LogP contribution in [0.1, 0.15) is 51.7 Å². The first-order chi connectivity index (χ1) is 12.4. The quantitative estimate of drug-likeness (QED) is 0.716. The molecule has 0 fully saturated rings. The van der Waals surface area contributed by atoms with E-state index < -0.39 is 21.0 Å². The lowest BCUT2D eigenvalue weighted by Gasteiger charge is -2.20. The zero-order chi connectivity index (χ0) is 20.3. The maximum atomic E-state index is 13.4. The molecule has 0 saturated carbocycles. The zero-order valence-electron chi connectivity index (χ0n) is 16.6. The highest BCUT2D eigenvalue weighted by atomic mass is 32.2. The molecule has 2 rings (SSSR count). The molecule has 0 radical (unpaired) electrons. The van der Waals surface area contributed by atoms with Gasteiger partial charge in [0.2, 0.25) is 9.84 Å². The van der Waals surface area contributed by atoms with Gasteiger partial charge in [-0.1, -0.05) is 36.4 Å². The molecule has 0 aliphatic rings. The average Bonchev–Trinajstić information content (AvgIpc) is 2.57. The summed E-state index contributed by atoms with van der Waals surface area (Å²) in [5.74, 6) is 0. The minimum Gasteiger partial charge on any atom is -0.390 e. The van der Waals surface area contributed by atoms with Crippen molar-refractivity contribution in [2.75, 3.05) is 0 Å².